The molecular formula is C25H41NO2. The summed E-state index contributed by atoms with van der Waals surface area (Å²) in [7, 11) is 0. The predicted octanol–water partition coefficient (Wildman–Crippen LogP) is 6.94. The van der Waals surface area contributed by atoms with E-state index in [1.807, 2.05) is 12.1 Å². The Kier molecular flexibility index (Phi) is 6.87. The summed E-state index contributed by atoms with van der Waals surface area (Å²) < 4.78 is 0. The average Bonchev–Trinajstić information content (AvgIpc) is 2.43. The normalized spacial score (nSPS) is 13.4. The van der Waals surface area contributed by atoms with Crippen LogP contribution in [0, 0.1) is 10.8 Å². The van der Waals surface area contributed by atoms with Crippen LogP contribution in [0.4, 0.5) is 5.69 Å². The second-order valence-electron chi connectivity index (χ2n) is 11.9. The first-order valence-electron chi connectivity index (χ1n) is 10.2. The van der Waals surface area contributed by atoms with Gasteiger partial charge in [-0.1, -0.05) is 75.8 Å². The number of hydrogen-bond acceptors (Lipinski definition) is 2. The van der Waals surface area contributed by atoms with Gasteiger partial charge in [-0.15, -0.1) is 0 Å². The van der Waals surface area contributed by atoms with Crippen LogP contribution in [0.3, 0.4) is 0 Å². The van der Waals surface area contributed by atoms with Gasteiger partial charge in [0.2, 0.25) is 5.91 Å². The van der Waals surface area contributed by atoms with Crippen LogP contribution < -0.4 is 5.32 Å². The maximum Gasteiger partial charge on any atom is 0.247 e. The van der Waals surface area contributed by atoms with Gasteiger partial charge in [0.1, 0.15) is 5.75 Å². The van der Waals surface area contributed by atoms with E-state index in [1.165, 1.54) is 6.08 Å². The Morgan fingerprint density at radius 3 is 1.54 bits per heavy atom. The lowest BCUT2D eigenvalue weighted by Gasteiger charge is -2.37. The van der Waals surface area contributed by atoms with Gasteiger partial charge in [0.05, 0.1) is 0 Å². The zero-order valence-electron chi connectivity index (χ0n) is 19.7. The number of hydrogen-bond donors (Lipinski definition) is 2. The standard InChI is InChI=1S/C25H41NO2/c1-12-20(27)26-17-13-18(24(8,9)15-22(2,3)4)21(28)19(14-17)25(10,11)16-23(5,6)7/h12-14,28H,1,15-16H2,2-11H3,(H,26,27). The van der Waals surface area contributed by atoms with Gasteiger partial charge in [-0.3, -0.25) is 4.79 Å². The molecule has 0 bridgehead atoms. The molecule has 0 heterocycles. The van der Waals surface area contributed by atoms with Gasteiger partial charge in [0.25, 0.3) is 0 Å². The summed E-state index contributed by atoms with van der Waals surface area (Å²) in [6.07, 6.45) is 3.09. The largest absolute Gasteiger partial charge is 0.507 e. The minimum absolute atomic E-state index is 0.109. The number of anilines is 1. The Morgan fingerprint density at radius 2 is 1.25 bits per heavy atom. The van der Waals surface area contributed by atoms with Crippen LogP contribution in [0.15, 0.2) is 24.8 Å². The molecule has 0 aromatic heterocycles. The van der Waals surface area contributed by atoms with Gasteiger partial charge in [-0.25, -0.2) is 0 Å². The molecule has 0 saturated carbocycles. The topological polar surface area (TPSA) is 49.3 Å². The number of phenolic OH excluding ortho intramolecular Hbond substituents is 1. The Morgan fingerprint density at radius 1 is 0.893 bits per heavy atom. The summed E-state index contributed by atoms with van der Waals surface area (Å²) in [6.45, 7) is 25.4. The Hall–Kier alpha value is -1.77. The van der Waals surface area contributed by atoms with E-state index in [2.05, 4.69) is 81.1 Å². The number of phenols is 1. The van der Waals surface area contributed by atoms with Gasteiger partial charge in [0, 0.05) is 16.8 Å². The fourth-order valence-corrected chi connectivity index (χ4v) is 4.77. The van der Waals surface area contributed by atoms with Crippen molar-refractivity contribution in [1.29, 1.82) is 0 Å². The molecule has 0 unspecified atom stereocenters. The first kappa shape index (κ1) is 24.3. The van der Waals surface area contributed by atoms with Crippen molar-refractivity contribution < 1.29 is 9.90 Å². The Balaban J connectivity index is 3.66. The molecule has 0 aliphatic rings. The lowest BCUT2D eigenvalue weighted by molar-refractivity contribution is -0.111. The molecule has 1 aromatic carbocycles. The van der Waals surface area contributed by atoms with Crippen LogP contribution in [0.5, 0.6) is 5.75 Å². The van der Waals surface area contributed by atoms with E-state index < -0.39 is 0 Å². The molecule has 0 aliphatic heterocycles. The van der Waals surface area contributed by atoms with E-state index in [9.17, 15) is 9.90 Å². The van der Waals surface area contributed by atoms with Gasteiger partial charge < -0.3 is 10.4 Å². The van der Waals surface area contributed by atoms with E-state index in [-0.39, 0.29) is 27.6 Å². The molecule has 28 heavy (non-hydrogen) atoms. The van der Waals surface area contributed by atoms with Crippen molar-refractivity contribution >= 4 is 11.6 Å². The highest BCUT2D eigenvalue weighted by Crippen LogP contribution is 2.47. The summed E-state index contributed by atoms with van der Waals surface area (Å²) in [5, 5.41) is 14.2. The number of aromatic hydroxyl groups is 1. The average molecular weight is 388 g/mol. The fraction of sp³-hybridized carbons (Fsp3) is 0.640. The SMILES string of the molecule is C=CC(=O)Nc1cc(C(C)(C)CC(C)(C)C)c(O)c(C(C)(C)CC(C)(C)C)c1. The molecule has 1 rings (SSSR count). The molecule has 2 N–H and O–H groups in total. The van der Waals surface area contributed by atoms with E-state index in [0.29, 0.717) is 11.4 Å². The summed E-state index contributed by atoms with van der Waals surface area (Å²) >= 11 is 0. The lowest BCUT2D eigenvalue weighted by atomic mass is 9.68. The quantitative estimate of drug-likeness (QED) is 0.410. The Labute approximate surface area is 172 Å². The molecule has 0 fully saturated rings. The highest BCUT2D eigenvalue weighted by Gasteiger charge is 2.35. The van der Waals surface area contributed by atoms with E-state index in [0.717, 1.165) is 24.0 Å². The highest BCUT2D eigenvalue weighted by molar-refractivity contribution is 5.99. The summed E-state index contributed by atoms with van der Waals surface area (Å²) in [5.74, 6) is 0.102. The van der Waals surface area contributed by atoms with Crippen LogP contribution in [-0.2, 0) is 15.6 Å². The van der Waals surface area contributed by atoms with Crippen molar-refractivity contribution in [3.63, 3.8) is 0 Å². The monoisotopic (exact) mass is 387 g/mol. The van der Waals surface area contributed by atoms with Crippen molar-refractivity contribution in [3.05, 3.63) is 35.9 Å². The van der Waals surface area contributed by atoms with Crippen molar-refractivity contribution in [2.24, 2.45) is 10.8 Å². The van der Waals surface area contributed by atoms with Crippen LogP contribution in [0.2, 0.25) is 0 Å². The fourth-order valence-electron chi connectivity index (χ4n) is 4.77. The minimum Gasteiger partial charge on any atom is -0.507 e. The van der Waals surface area contributed by atoms with Gasteiger partial charge in [-0.05, 0) is 52.7 Å². The van der Waals surface area contributed by atoms with Gasteiger partial charge in [-0.2, -0.15) is 0 Å². The number of nitrogens with one attached hydrogen (secondary N) is 1. The maximum absolute atomic E-state index is 12.0. The van der Waals surface area contributed by atoms with Gasteiger partial charge in [0.15, 0.2) is 0 Å². The number of rotatable bonds is 6. The summed E-state index contributed by atoms with van der Waals surface area (Å²) in [4.78, 5) is 12.0. The molecule has 0 spiro atoms. The molecule has 0 atom stereocenters. The first-order valence-corrected chi connectivity index (χ1v) is 10.2. The van der Waals surface area contributed by atoms with Crippen molar-refractivity contribution in [2.45, 2.75) is 92.9 Å². The number of carbonyl (C=O) groups is 1. The molecule has 0 radical (unpaired) electrons. The molecule has 3 nitrogen and oxygen atoms in total. The molecule has 1 amide bonds. The number of benzene rings is 1. The second kappa shape index (κ2) is 7.93. The third kappa shape index (κ3) is 6.68. The smallest absolute Gasteiger partial charge is 0.247 e. The lowest BCUT2D eigenvalue weighted by Crippen LogP contribution is -2.28. The predicted molar refractivity (Wildman–Crippen MR) is 121 cm³/mol. The third-order valence-corrected chi connectivity index (χ3v) is 4.97. The molecule has 1 aromatic rings. The minimum atomic E-state index is -0.246. The van der Waals surface area contributed by atoms with Crippen LogP contribution in [0.25, 0.3) is 0 Å². The molecule has 158 valence electrons. The molecule has 3 heteroatoms. The maximum atomic E-state index is 12.0. The molecule has 0 saturated heterocycles. The number of carbonyl (C=O) groups excluding carboxylic acids is 1. The van der Waals surface area contributed by atoms with E-state index >= 15 is 0 Å². The summed E-state index contributed by atoms with van der Waals surface area (Å²) in [5.41, 5.74) is 2.18. The van der Waals surface area contributed by atoms with Crippen molar-refractivity contribution in [3.8, 4) is 5.75 Å². The second-order valence-corrected chi connectivity index (χ2v) is 11.9. The van der Waals surface area contributed by atoms with Crippen molar-refractivity contribution in [1.82, 2.24) is 0 Å². The van der Waals surface area contributed by atoms with Crippen LogP contribution in [0.1, 0.15) is 93.2 Å². The van der Waals surface area contributed by atoms with E-state index in [4.69, 9.17) is 0 Å². The highest BCUT2D eigenvalue weighted by atomic mass is 16.3. The zero-order valence-corrected chi connectivity index (χ0v) is 19.7. The van der Waals surface area contributed by atoms with Crippen LogP contribution in [-0.4, -0.2) is 11.0 Å². The first-order chi connectivity index (χ1) is 12.4. The van der Waals surface area contributed by atoms with Gasteiger partial charge >= 0.3 is 0 Å². The number of amides is 1. The third-order valence-electron chi connectivity index (χ3n) is 4.97. The van der Waals surface area contributed by atoms with E-state index in [1.54, 1.807) is 0 Å². The zero-order chi connectivity index (χ0) is 22.1. The summed E-state index contributed by atoms with van der Waals surface area (Å²) in [6, 6.07) is 3.83. The van der Waals surface area contributed by atoms with Crippen molar-refractivity contribution in [2.75, 3.05) is 5.32 Å². The molecular weight excluding hydrogens is 346 g/mol. The van der Waals surface area contributed by atoms with Crippen LogP contribution >= 0.6 is 0 Å². The molecule has 0 aliphatic carbocycles. The Bertz CT molecular complexity index is 679.